The molecule has 2 aromatic rings. The fourth-order valence-electron chi connectivity index (χ4n) is 2.31. The number of carbonyl (C=O) groups is 1. The second-order valence-electron chi connectivity index (χ2n) is 4.90. The van der Waals surface area contributed by atoms with E-state index >= 15 is 0 Å². The predicted molar refractivity (Wildman–Crippen MR) is 87.2 cm³/mol. The molecule has 1 saturated heterocycles. The first kappa shape index (κ1) is 14.7. The van der Waals surface area contributed by atoms with Crippen LogP contribution in [0.3, 0.4) is 0 Å². The van der Waals surface area contributed by atoms with Gasteiger partial charge in [0.15, 0.2) is 10.9 Å². The Morgan fingerprint density at radius 1 is 1.43 bits per heavy atom. The lowest BCUT2D eigenvalue weighted by atomic mass is 10.3. The predicted octanol–water partition coefficient (Wildman–Crippen LogP) is 2.62. The standard InChI is InChI=1S/C14H17N3O2S2/c1-9-15-12-7-11(8-20-10(2)18)21-13(12)14(16-9)17-3-5-19-6-4-17/h7H,3-6,8H2,1-2H3. The minimum Gasteiger partial charge on any atom is -0.378 e. The molecule has 0 atom stereocenters. The summed E-state index contributed by atoms with van der Waals surface area (Å²) in [6.07, 6.45) is 0. The van der Waals surface area contributed by atoms with Crippen LogP contribution >= 0.6 is 23.1 Å². The van der Waals surface area contributed by atoms with E-state index in [-0.39, 0.29) is 5.12 Å². The molecule has 0 bridgehead atoms. The number of aromatic nitrogens is 2. The van der Waals surface area contributed by atoms with E-state index in [2.05, 4.69) is 20.9 Å². The molecule has 0 spiro atoms. The number of morpholine rings is 1. The number of aryl methyl sites for hydroxylation is 1. The third-order valence-corrected chi connectivity index (χ3v) is 5.41. The summed E-state index contributed by atoms with van der Waals surface area (Å²) in [7, 11) is 0. The maximum absolute atomic E-state index is 11.1. The van der Waals surface area contributed by atoms with Crippen molar-refractivity contribution in [2.24, 2.45) is 0 Å². The van der Waals surface area contributed by atoms with E-state index < -0.39 is 0 Å². The van der Waals surface area contributed by atoms with Crippen LogP contribution in [0.4, 0.5) is 5.82 Å². The molecule has 0 unspecified atom stereocenters. The van der Waals surface area contributed by atoms with Crippen molar-refractivity contribution in [1.82, 2.24) is 9.97 Å². The van der Waals surface area contributed by atoms with Crippen LogP contribution in [0.1, 0.15) is 17.6 Å². The van der Waals surface area contributed by atoms with Crippen LogP contribution in [-0.4, -0.2) is 41.4 Å². The first-order chi connectivity index (χ1) is 10.1. The Hall–Kier alpha value is -1.18. The van der Waals surface area contributed by atoms with Gasteiger partial charge in [-0.05, 0) is 13.0 Å². The van der Waals surface area contributed by atoms with Crippen LogP contribution in [0.5, 0.6) is 0 Å². The molecule has 0 amide bonds. The van der Waals surface area contributed by atoms with Crippen molar-refractivity contribution in [1.29, 1.82) is 0 Å². The zero-order chi connectivity index (χ0) is 14.8. The molecule has 0 aliphatic carbocycles. The molecule has 0 N–H and O–H groups in total. The summed E-state index contributed by atoms with van der Waals surface area (Å²) in [6.45, 7) is 6.72. The molecular weight excluding hydrogens is 306 g/mol. The number of rotatable bonds is 3. The van der Waals surface area contributed by atoms with Gasteiger partial charge in [0.1, 0.15) is 5.82 Å². The molecule has 21 heavy (non-hydrogen) atoms. The summed E-state index contributed by atoms with van der Waals surface area (Å²) in [5.74, 6) is 2.50. The minimum absolute atomic E-state index is 0.142. The topological polar surface area (TPSA) is 55.3 Å². The van der Waals surface area contributed by atoms with Crippen LogP contribution in [0.15, 0.2) is 6.07 Å². The molecule has 112 valence electrons. The van der Waals surface area contributed by atoms with Gasteiger partial charge in [0.25, 0.3) is 0 Å². The monoisotopic (exact) mass is 323 g/mol. The maximum atomic E-state index is 11.1. The first-order valence-corrected chi connectivity index (χ1v) is 8.67. The minimum atomic E-state index is 0.142. The Bertz CT molecular complexity index is 666. The Morgan fingerprint density at radius 3 is 2.90 bits per heavy atom. The SMILES string of the molecule is CC(=O)SCc1cc2nc(C)nc(N3CCOCC3)c2s1. The Morgan fingerprint density at radius 2 is 2.19 bits per heavy atom. The molecule has 1 aliphatic rings. The molecule has 1 fully saturated rings. The van der Waals surface area contributed by atoms with Crippen molar-refractivity contribution < 1.29 is 9.53 Å². The van der Waals surface area contributed by atoms with Crippen molar-refractivity contribution in [3.63, 3.8) is 0 Å². The van der Waals surface area contributed by atoms with E-state index in [1.807, 2.05) is 6.92 Å². The number of carbonyl (C=O) groups excluding carboxylic acids is 1. The van der Waals surface area contributed by atoms with E-state index in [0.717, 1.165) is 48.2 Å². The van der Waals surface area contributed by atoms with Crippen LogP contribution in [-0.2, 0) is 15.3 Å². The van der Waals surface area contributed by atoms with Crippen molar-refractivity contribution in [3.05, 3.63) is 16.8 Å². The van der Waals surface area contributed by atoms with Crippen LogP contribution < -0.4 is 4.90 Å². The van der Waals surface area contributed by atoms with E-state index in [1.54, 1.807) is 18.3 Å². The van der Waals surface area contributed by atoms with E-state index in [4.69, 9.17) is 4.74 Å². The molecule has 0 radical (unpaired) electrons. The largest absolute Gasteiger partial charge is 0.378 e. The zero-order valence-electron chi connectivity index (χ0n) is 12.1. The summed E-state index contributed by atoms with van der Waals surface area (Å²) in [5.41, 5.74) is 0.980. The molecule has 3 heterocycles. The van der Waals surface area contributed by atoms with Gasteiger partial charge < -0.3 is 9.64 Å². The molecule has 3 rings (SSSR count). The first-order valence-electron chi connectivity index (χ1n) is 6.86. The summed E-state index contributed by atoms with van der Waals surface area (Å²) in [5, 5.41) is 0.142. The van der Waals surface area contributed by atoms with E-state index in [9.17, 15) is 4.79 Å². The second-order valence-corrected chi connectivity index (χ2v) is 7.19. The lowest BCUT2D eigenvalue weighted by molar-refractivity contribution is -0.109. The molecular formula is C14H17N3O2S2. The Labute approximate surface area is 131 Å². The van der Waals surface area contributed by atoms with Gasteiger partial charge in [-0.25, -0.2) is 9.97 Å². The number of hydrogen-bond acceptors (Lipinski definition) is 7. The van der Waals surface area contributed by atoms with Crippen molar-refractivity contribution in [3.8, 4) is 0 Å². The van der Waals surface area contributed by atoms with E-state index in [0.29, 0.717) is 5.75 Å². The van der Waals surface area contributed by atoms with Crippen LogP contribution in [0.2, 0.25) is 0 Å². The number of fused-ring (bicyclic) bond motifs is 1. The van der Waals surface area contributed by atoms with Gasteiger partial charge in [0.05, 0.1) is 23.4 Å². The van der Waals surface area contributed by atoms with Crippen molar-refractivity contribution in [2.45, 2.75) is 19.6 Å². The molecule has 1 aliphatic heterocycles. The van der Waals surface area contributed by atoms with Gasteiger partial charge in [-0.3, -0.25) is 4.79 Å². The summed E-state index contributed by atoms with van der Waals surface area (Å²) < 4.78 is 6.52. The molecule has 5 nitrogen and oxygen atoms in total. The van der Waals surface area contributed by atoms with E-state index in [1.165, 1.54) is 16.6 Å². The molecule has 0 aromatic carbocycles. The molecule has 0 saturated carbocycles. The highest BCUT2D eigenvalue weighted by molar-refractivity contribution is 8.12. The molecule has 7 heteroatoms. The van der Waals surface area contributed by atoms with Gasteiger partial charge in [-0.2, -0.15) is 0 Å². The number of thioether (sulfide) groups is 1. The van der Waals surface area contributed by atoms with Crippen molar-refractivity contribution in [2.75, 3.05) is 31.2 Å². The van der Waals surface area contributed by atoms with Crippen LogP contribution in [0, 0.1) is 6.92 Å². The second kappa shape index (κ2) is 6.29. The number of thiophene rings is 1. The normalized spacial score (nSPS) is 15.6. The van der Waals surface area contributed by atoms with Gasteiger partial charge in [0, 0.05) is 30.6 Å². The highest BCUT2D eigenvalue weighted by Gasteiger charge is 2.18. The average Bonchev–Trinajstić information content (AvgIpc) is 2.88. The highest BCUT2D eigenvalue weighted by Crippen LogP contribution is 2.34. The number of anilines is 1. The van der Waals surface area contributed by atoms with Crippen molar-refractivity contribution >= 4 is 44.2 Å². The summed E-state index contributed by atoms with van der Waals surface area (Å²) in [6, 6.07) is 2.08. The Balaban J connectivity index is 1.96. The summed E-state index contributed by atoms with van der Waals surface area (Å²) >= 11 is 3.02. The van der Waals surface area contributed by atoms with Gasteiger partial charge in [0.2, 0.25) is 0 Å². The average molecular weight is 323 g/mol. The van der Waals surface area contributed by atoms with Crippen LogP contribution in [0.25, 0.3) is 10.2 Å². The highest BCUT2D eigenvalue weighted by atomic mass is 32.2. The quantitative estimate of drug-likeness (QED) is 0.865. The van der Waals surface area contributed by atoms with Gasteiger partial charge >= 0.3 is 0 Å². The molecule has 2 aromatic heterocycles. The fraction of sp³-hybridized carbons (Fsp3) is 0.500. The maximum Gasteiger partial charge on any atom is 0.186 e. The fourth-order valence-corrected chi connectivity index (χ4v) is 4.06. The smallest absolute Gasteiger partial charge is 0.186 e. The third-order valence-electron chi connectivity index (χ3n) is 3.24. The lowest BCUT2D eigenvalue weighted by Gasteiger charge is -2.28. The lowest BCUT2D eigenvalue weighted by Crippen LogP contribution is -2.36. The Kier molecular flexibility index (Phi) is 4.42. The number of nitrogens with zero attached hydrogens (tertiary/aromatic N) is 3. The van der Waals surface area contributed by atoms with Gasteiger partial charge in [-0.15, -0.1) is 11.3 Å². The number of ether oxygens (including phenoxy) is 1. The summed E-state index contributed by atoms with van der Waals surface area (Å²) in [4.78, 5) is 23.7. The number of hydrogen-bond donors (Lipinski definition) is 0. The zero-order valence-corrected chi connectivity index (χ0v) is 13.7. The third kappa shape index (κ3) is 3.36. The van der Waals surface area contributed by atoms with Gasteiger partial charge in [-0.1, -0.05) is 11.8 Å².